The summed E-state index contributed by atoms with van der Waals surface area (Å²) in [6.07, 6.45) is 1.30. The zero-order valence-electron chi connectivity index (χ0n) is 33.7. The highest BCUT2D eigenvalue weighted by Crippen LogP contribution is 2.23. The molecule has 6 aromatic rings. The second-order valence-corrected chi connectivity index (χ2v) is 14.2. The van der Waals surface area contributed by atoms with Gasteiger partial charge in [0.05, 0.1) is 5.02 Å². The molecule has 0 saturated heterocycles. The van der Waals surface area contributed by atoms with E-state index in [1.807, 2.05) is 49.4 Å². The van der Waals surface area contributed by atoms with Crippen LogP contribution in [0.5, 0.6) is 5.75 Å². The van der Waals surface area contributed by atoms with Crippen molar-refractivity contribution < 1.29 is 22.3 Å². The number of hydrogen-bond donors (Lipinski definition) is 0. The largest absolute Gasteiger partial charge is 0.573 e. The van der Waals surface area contributed by atoms with E-state index >= 15 is 0 Å². The van der Waals surface area contributed by atoms with E-state index in [2.05, 4.69) is 96.3 Å². The van der Waals surface area contributed by atoms with Crippen LogP contribution in [0.1, 0.15) is 101 Å². The molecule has 0 aliphatic heterocycles. The molecular weight excluding hydrogens is 776 g/mol. The molecule has 6 heteroatoms. The van der Waals surface area contributed by atoms with E-state index in [0.29, 0.717) is 23.1 Å². The Bertz CT molecular complexity index is 2600. The van der Waals surface area contributed by atoms with E-state index in [0.717, 1.165) is 70.5 Å². The summed E-state index contributed by atoms with van der Waals surface area (Å²) in [5.41, 5.74) is 9.81. The van der Waals surface area contributed by atoms with Crippen LogP contribution >= 0.6 is 11.6 Å². The van der Waals surface area contributed by atoms with Crippen molar-refractivity contribution in [2.24, 2.45) is 0 Å². The van der Waals surface area contributed by atoms with Crippen molar-refractivity contribution >= 4 is 11.6 Å². The minimum Gasteiger partial charge on any atom is -0.406 e. The number of aryl methyl sites for hydroxylation is 3. The van der Waals surface area contributed by atoms with Crippen LogP contribution in [0.4, 0.5) is 17.6 Å². The van der Waals surface area contributed by atoms with E-state index in [-0.39, 0.29) is 11.6 Å². The summed E-state index contributed by atoms with van der Waals surface area (Å²) in [6.45, 7) is 6.36. The van der Waals surface area contributed by atoms with Crippen molar-refractivity contribution in [2.75, 3.05) is 0 Å². The van der Waals surface area contributed by atoms with Crippen molar-refractivity contribution in [3.63, 3.8) is 0 Å². The van der Waals surface area contributed by atoms with Gasteiger partial charge in [-0.1, -0.05) is 123 Å². The van der Waals surface area contributed by atoms with Crippen LogP contribution in [0.25, 0.3) is 0 Å². The molecule has 0 amide bonds. The number of alkyl halides is 3. The molecule has 0 aliphatic carbocycles. The average Bonchev–Trinajstić information content (AvgIpc) is 3.24. The van der Waals surface area contributed by atoms with Crippen LogP contribution in [0.2, 0.25) is 5.02 Å². The lowest BCUT2D eigenvalue weighted by atomic mass is 10.1. The number of hydrogen-bond acceptors (Lipinski definition) is 1. The summed E-state index contributed by atoms with van der Waals surface area (Å²) >= 11 is 6.36. The monoisotopic (exact) mass is 818 g/mol. The van der Waals surface area contributed by atoms with E-state index in [1.165, 1.54) is 41.5 Å². The Kier molecular flexibility index (Phi) is 16.7. The van der Waals surface area contributed by atoms with Crippen molar-refractivity contribution in [2.45, 2.75) is 65.7 Å². The molecule has 0 saturated carbocycles. The summed E-state index contributed by atoms with van der Waals surface area (Å²) in [4.78, 5) is 0. The molecular formula is C54H43ClF4O. The van der Waals surface area contributed by atoms with Crippen LogP contribution in [-0.2, 0) is 19.3 Å². The number of halogens is 5. The molecule has 0 aromatic heterocycles. The summed E-state index contributed by atoms with van der Waals surface area (Å²) in [6, 6.07) is 40.2. The topological polar surface area (TPSA) is 9.23 Å². The molecule has 0 spiro atoms. The molecule has 0 heterocycles. The van der Waals surface area contributed by atoms with Gasteiger partial charge in [0, 0.05) is 44.5 Å². The van der Waals surface area contributed by atoms with Gasteiger partial charge in [-0.15, -0.1) is 13.2 Å². The van der Waals surface area contributed by atoms with Gasteiger partial charge in [-0.05, 0) is 145 Å². The van der Waals surface area contributed by atoms with Crippen LogP contribution in [0, 0.1) is 53.2 Å². The normalized spacial score (nSPS) is 10.2. The number of rotatable bonds is 7. The summed E-state index contributed by atoms with van der Waals surface area (Å²) in [5.74, 6) is 24.1. The number of benzene rings is 6. The molecule has 6 aromatic carbocycles. The highest BCUT2D eigenvalue weighted by molar-refractivity contribution is 6.31. The van der Waals surface area contributed by atoms with E-state index < -0.39 is 6.36 Å². The molecule has 0 N–H and O–H groups in total. The van der Waals surface area contributed by atoms with E-state index in [1.54, 1.807) is 30.3 Å². The summed E-state index contributed by atoms with van der Waals surface area (Å²) < 4.78 is 54.4. The van der Waals surface area contributed by atoms with Gasteiger partial charge in [0.2, 0.25) is 0 Å². The van der Waals surface area contributed by atoms with Crippen molar-refractivity contribution in [3.05, 3.63) is 205 Å². The van der Waals surface area contributed by atoms with Gasteiger partial charge < -0.3 is 4.74 Å². The first-order chi connectivity index (χ1) is 29.0. The average molecular weight is 819 g/mol. The van der Waals surface area contributed by atoms with Crippen molar-refractivity contribution in [3.8, 4) is 53.1 Å². The van der Waals surface area contributed by atoms with Gasteiger partial charge in [-0.3, -0.25) is 0 Å². The molecule has 1 nitrogen and oxygen atoms in total. The maximum atomic E-state index is 14.0. The Hall–Kier alpha value is -6.63. The standard InChI is InChI=1S/C28H25Cl.C26H18F4O/c1-3-5-22-7-9-23(10-8-22)11-12-24-13-15-25(16-14-24)17-19-27-20-18-26(6-4-2)21-28(27)29;1-2-3-23-15-12-22(18-25(23)27)11-10-20-6-4-19(5-7-20)8-9-21-13-16-24(17-14-21)31-26(28,29)30/h7-10,13-16,18,20-21H,3-6H2,1-2H3;4-7,12-18H,2-3H2,1H3. The molecule has 6 rings (SSSR count). The predicted molar refractivity (Wildman–Crippen MR) is 236 cm³/mol. The SMILES string of the molecule is CCCc1ccc(C#Cc2ccc(C#Cc3ccc(CCC)cc3Cl)cc2)cc1.CCCc1ccc(C#Cc2ccc(C#Cc3ccc(OC(F)(F)F)cc3)cc2)cc1F. The Morgan fingerprint density at radius 3 is 1.27 bits per heavy atom. The molecule has 0 unspecified atom stereocenters. The minimum atomic E-state index is -4.72. The van der Waals surface area contributed by atoms with Gasteiger partial charge in [0.1, 0.15) is 11.6 Å². The first kappa shape index (κ1) is 44.5. The fourth-order valence-corrected chi connectivity index (χ4v) is 6.08. The maximum Gasteiger partial charge on any atom is 0.573 e. The third-order valence-corrected chi connectivity index (χ3v) is 9.20. The highest BCUT2D eigenvalue weighted by atomic mass is 35.5. The third kappa shape index (κ3) is 14.9. The lowest BCUT2D eigenvalue weighted by molar-refractivity contribution is -0.274. The van der Waals surface area contributed by atoms with E-state index in [9.17, 15) is 17.6 Å². The Labute approximate surface area is 356 Å². The van der Waals surface area contributed by atoms with Gasteiger partial charge in [-0.25, -0.2) is 4.39 Å². The quantitative estimate of drug-likeness (QED) is 0.115. The van der Waals surface area contributed by atoms with Gasteiger partial charge in [0.15, 0.2) is 0 Å². The second kappa shape index (κ2) is 22.5. The lowest BCUT2D eigenvalue weighted by Gasteiger charge is -2.07. The zero-order valence-corrected chi connectivity index (χ0v) is 34.5. The highest BCUT2D eigenvalue weighted by Gasteiger charge is 2.30. The maximum absolute atomic E-state index is 14.0. The summed E-state index contributed by atoms with van der Waals surface area (Å²) in [7, 11) is 0. The molecule has 0 bridgehead atoms. The van der Waals surface area contributed by atoms with Crippen LogP contribution < -0.4 is 4.74 Å². The van der Waals surface area contributed by atoms with Crippen molar-refractivity contribution in [1.29, 1.82) is 0 Å². The van der Waals surface area contributed by atoms with Crippen LogP contribution in [-0.4, -0.2) is 6.36 Å². The first-order valence-corrected chi connectivity index (χ1v) is 20.2. The Balaban J connectivity index is 0.000000228. The smallest absolute Gasteiger partial charge is 0.406 e. The van der Waals surface area contributed by atoms with Crippen LogP contribution in [0.3, 0.4) is 0 Å². The molecule has 0 radical (unpaired) electrons. The Morgan fingerprint density at radius 2 is 0.833 bits per heavy atom. The lowest BCUT2D eigenvalue weighted by Crippen LogP contribution is -2.16. The van der Waals surface area contributed by atoms with Gasteiger partial charge in [-0.2, -0.15) is 0 Å². The van der Waals surface area contributed by atoms with Gasteiger partial charge >= 0.3 is 6.36 Å². The fraction of sp³-hybridized carbons (Fsp3) is 0.185. The predicted octanol–water partition coefficient (Wildman–Crippen LogP) is 13.5. The molecule has 300 valence electrons. The third-order valence-electron chi connectivity index (χ3n) is 8.89. The minimum absolute atomic E-state index is 0.239. The molecule has 60 heavy (non-hydrogen) atoms. The fourth-order valence-electron chi connectivity index (χ4n) is 5.83. The molecule has 0 aliphatic rings. The number of ether oxygens (including phenoxy) is 1. The van der Waals surface area contributed by atoms with Crippen molar-refractivity contribution in [1.82, 2.24) is 0 Å². The Morgan fingerprint density at radius 1 is 0.450 bits per heavy atom. The molecule has 0 fully saturated rings. The first-order valence-electron chi connectivity index (χ1n) is 19.8. The van der Waals surface area contributed by atoms with Crippen LogP contribution in [0.15, 0.2) is 133 Å². The van der Waals surface area contributed by atoms with Gasteiger partial charge in [0.25, 0.3) is 0 Å². The zero-order chi connectivity index (χ0) is 42.7. The molecule has 0 atom stereocenters. The van der Waals surface area contributed by atoms with E-state index in [4.69, 9.17) is 11.6 Å². The summed E-state index contributed by atoms with van der Waals surface area (Å²) in [5, 5.41) is 0.718. The second-order valence-electron chi connectivity index (χ2n) is 13.8.